The molecule has 0 bridgehead atoms. The first-order chi connectivity index (χ1) is 31.0. The topological polar surface area (TPSA) is 111 Å². The lowest BCUT2D eigenvalue weighted by Gasteiger charge is -2.73. The van der Waals surface area contributed by atoms with Gasteiger partial charge in [0.05, 0.1) is 0 Å². The van der Waals surface area contributed by atoms with Gasteiger partial charge in [-0.3, -0.25) is 0 Å². The Hall–Kier alpha value is 2.34. The largest absolute Gasteiger partial charge is 0.500 e. The Morgan fingerprint density at radius 3 is 0.571 bits per heavy atom. The van der Waals surface area contributed by atoms with Crippen molar-refractivity contribution in [2.24, 2.45) is 0 Å². The summed E-state index contributed by atoms with van der Waals surface area (Å²) < 4.78 is 100. The molecule has 3 atom stereocenters. The van der Waals surface area contributed by atoms with Crippen molar-refractivity contribution < 1.29 is 51.2 Å². The van der Waals surface area contributed by atoms with E-state index in [2.05, 4.69) is 184 Å². The van der Waals surface area contributed by atoms with Crippen molar-refractivity contribution in [3.8, 4) is 0 Å². The Morgan fingerprint density at radius 1 is 0.286 bits per heavy atom. The zero-order valence-electron chi connectivity index (χ0n) is 50.8. The molecule has 3 fully saturated rings. The van der Waals surface area contributed by atoms with Crippen LogP contribution in [0.2, 0.25) is 183 Å². The Labute approximate surface area is 445 Å². The molecule has 3 aliphatic heterocycles. The average Bonchev–Trinajstić information content (AvgIpc) is 3.08. The highest BCUT2D eigenvalue weighted by molar-refractivity contribution is 7.15. The summed E-state index contributed by atoms with van der Waals surface area (Å²) in [6, 6.07) is 0.711. The van der Waals surface area contributed by atoms with Crippen LogP contribution in [-0.2, 0) is 51.2 Å². The van der Waals surface area contributed by atoms with E-state index in [9.17, 15) is 0 Å². The predicted octanol–water partition coefficient (Wildman–Crippen LogP) is 14.4. The minimum Gasteiger partial charge on any atom is -0.415 e. The lowest BCUT2D eigenvalue weighted by atomic mass is 10.2. The van der Waals surface area contributed by atoms with Crippen LogP contribution in [0.25, 0.3) is 0 Å². The third-order valence-electron chi connectivity index (χ3n) is 12.0. The van der Waals surface area contributed by atoms with Crippen molar-refractivity contribution >= 4 is 109 Å². The Balaban J connectivity index is 3.31. The minimum absolute atomic E-state index is 0.527. The number of rotatable bonds is 26. The lowest BCUT2D eigenvalue weighted by Crippen LogP contribution is -3.01. The molecule has 0 aliphatic carbocycles. The molecule has 0 aromatic heterocycles. The second kappa shape index (κ2) is 22.8. The molecule has 416 valence electrons. The molecule has 25 heteroatoms. The van der Waals surface area contributed by atoms with Crippen LogP contribution in [0.5, 0.6) is 0 Å². The van der Waals surface area contributed by atoms with Crippen molar-refractivity contribution in [1.82, 2.24) is 0 Å². The molecule has 3 aliphatic rings. The van der Waals surface area contributed by atoms with Crippen molar-refractivity contribution in [2.75, 3.05) is 19.8 Å². The Morgan fingerprint density at radius 2 is 0.457 bits per heavy atom. The van der Waals surface area contributed by atoms with E-state index < -0.39 is 124 Å². The highest BCUT2D eigenvalue weighted by Gasteiger charge is 2.94. The summed E-state index contributed by atoms with van der Waals surface area (Å²) in [5, 5.41) is 0. The van der Waals surface area contributed by atoms with Crippen LogP contribution in [0.4, 0.5) is 0 Å². The van der Waals surface area contributed by atoms with Crippen molar-refractivity contribution in [2.45, 2.75) is 268 Å². The number of hydrogen-bond donors (Lipinski definition) is 0. The summed E-state index contributed by atoms with van der Waals surface area (Å²) in [6.07, 6.45) is 8.23. The fraction of sp³-hybridized carbons (Fsp3) is 1.00. The average molecular weight is 1210 g/mol. The first kappa shape index (κ1) is 66.6. The van der Waals surface area contributed by atoms with Gasteiger partial charge < -0.3 is 51.2 Å². The van der Waals surface area contributed by atoms with Gasteiger partial charge in [-0.1, -0.05) is 13.3 Å². The number of hydrogen-bond acceptors (Lipinski definition) is 12. The Kier molecular flexibility index (Phi) is 21.7. The van der Waals surface area contributed by atoms with Crippen LogP contribution in [0.3, 0.4) is 0 Å². The molecule has 0 saturated carbocycles. The molecule has 3 saturated heterocycles. The van der Waals surface area contributed by atoms with Crippen molar-refractivity contribution in [3.05, 3.63) is 0 Å². The summed E-state index contributed by atoms with van der Waals surface area (Å²) in [6.45, 7) is 66.6. The second-order valence-corrected chi connectivity index (χ2v) is 87.0. The summed E-state index contributed by atoms with van der Waals surface area (Å²) in [5.74, 6) is 0. The fourth-order valence-electron chi connectivity index (χ4n) is 11.4. The second-order valence-electron chi connectivity index (χ2n) is 29.7. The molecule has 3 heterocycles. The van der Waals surface area contributed by atoms with Gasteiger partial charge in [0.1, 0.15) is 14.5 Å². The van der Waals surface area contributed by atoms with E-state index in [0.29, 0.717) is 45.1 Å². The van der Waals surface area contributed by atoms with E-state index in [1.165, 1.54) is 0 Å². The lowest BCUT2D eigenvalue weighted by molar-refractivity contribution is -0.0860. The SMILES string of the molecule is CCC[Si](C1([Si](O[Si](C)(C)C)(O[Si](C)(C)C)O[Si](C)(C)C)CCCCO1)(C1([Si](O[Si](C)(C)C)(O[Si](C)(C)C)O[Si](C)(C)C)CCCCO1)C1([Si](O[Si](C)(C)C)(O[Si](C)(C)C)O[Si](C)(C)C)CCCCO1. The van der Waals surface area contributed by atoms with Gasteiger partial charge in [0.2, 0.25) is 0 Å². The van der Waals surface area contributed by atoms with E-state index in [4.69, 9.17) is 51.2 Å². The van der Waals surface area contributed by atoms with Gasteiger partial charge in [-0.25, -0.2) is 0 Å². The molecule has 0 amide bonds. The molecule has 0 radical (unpaired) electrons. The monoisotopic (exact) mass is 1210 g/mol. The zero-order chi connectivity index (χ0) is 54.4. The van der Waals surface area contributed by atoms with Gasteiger partial charge in [-0.05, 0) is 241 Å². The molecule has 3 rings (SSSR count). The van der Waals surface area contributed by atoms with Gasteiger partial charge >= 0.3 is 26.4 Å². The van der Waals surface area contributed by atoms with Crippen LogP contribution in [-0.4, -0.2) is 144 Å². The molecule has 0 aromatic carbocycles. The van der Waals surface area contributed by atoms with Crippen LogP contribution < -0.4 is 0 Å². The van der Waals surface area contributed by atoms with E-state index in [1.54, 1.807) is 0 Å². The summed E-state index contributed by atoms with van der Waals surface area (Å²) in [4.78, 5) is -3.53. The molecule has 3 unspecified atom stereocenters. The molecule has 0 spiro atoms. The maximum atomic E-state index is 8.45. The quantitative estimate of drug-likeness (QED) is 0.0769. The van der Waals surface area contributed by atoms with E-state index in [1.807, 2.05) is 0 Å². The highest BCUT2D eigenvalue weighted by atomic mass is 28.6. The molecular formula is C45H112O12Si13. The first-order valence-corrected chi connectivity index (χ1v) is 65.3. The molecule has 70 heavy (non-hydrogen) atoms. The van der Waals surface area contributed by atoms with Gasteiger partial charge in [-0.2, -0.15) is 0 Å². The molecular weight excluding hydrogens is 1100 g/mol. The van der Waals surface area contributed by atoms with Crippen molar-refractivity contribution in [3.63, 3.8) is 0 Å². The zero-order valence-corrected chi connectivity index (χ0v) is 63.8. The fourth-order valence-corrected chi connectivity index (χ4v) is 76.6. The van der Waals surface area contributed by atoms with Gasteiger partial charge in [0.25, 0.3) is 0 Å². The standard InChI is InChI=1S/C45H112O12Si13/c1-29-42-67(43(36-30-33-39-46-43)68(49-58(2,3)4,50-59(5,6)7)51-60(8,9)10,44(37-31-34-40-47-44)69(52-61(11,12)13,53-62(14,15)16)54-63(17,18)19)45(38-32-35-41-48-45)70(55-64(20,21)22,56-65(23,24)25)57-66(26,27)28/h29-42H2,1-28H3. The third kappa shape index (κ3) is 16.2. The summed E-state index contributed by atoms with van der Waals surface area (Å²) >= 11 is 0. The highest BCUT2D eigenvalue weighted by Crippen LogP contribution is 2.65. The first-order valence-electron chi connectivity index (χ1n) is 27.3. The maximum absolute atomic E-state index is 8.45. The number of ether oxygens (including phenoxy) is 3. The van der Waals surface area contributed by atoms with Gasteiger partial charge in [0.15, 0.2) is 82.9 Å². The normalized spacial score (nSPS) is 26.1. The summed E-state index contributed by atoms with van der Waals surface area (Å²) in [5.41, 5.74) is 0. The van der Waals surface area contributed by atoms with Crippen LogP contribution in [0.1, 0.15) is 71.1 Å². The van der Waals surface area contributed by atoms with E-state index >= 15 is 0 Å². The predicted molar refractivity (Wildman–Crippen MR) is 326 cm³/mol. The van der Waals surface area contributed by atoms with Gasteiger partial charge in [-0.15, -0.1) is 0 Å². The van der Waals surface area contributed by atoms with E-state index in [0.717, 1.165) is 44.9 Å². The maximum Gasteiger partial charge on any atom is 0.500 e. The Bertz CT molecular complexity index is 1350. The molecule has 0 aromatic rings. The van der Waals surface area contributed by atoms with Gasteiger partial charge in [0, 0.05) is 19.8 Å². The third-order valence-corrected chi connectivity index (χ3v) is 61.0. The summed E-state index contributed by atoms with van der Waals surface area (Å²) in [7, 11) is -40.4. The van der Waals surface area contributed by atoms with Crippen molar-refractivity contribution in [1.29, 1.82) is 0 Å². The van der Waals surface area contributed by atoms with Crippen LogP contribution >= 0.6 is 0 Å². The molecule has 0 N–H and O–H groups in total. The molecule has 12 nitrogen and oxygen atoms in total. The van der Waals surface area contributed by atoms with Crippen LogP contribution in [0, 0.1) is 0 Å². The smallest absolute Gasteiger partial charge is 0.415 e. The van der Waals surface area contributed by atoms with E-state index in [-0.39, 0.29) is 0 Å². The van der Waals surface area contributed by atoms with Crippen LogP contribution in [0.15, 0.2) is 0 Å². The minimum atomic E-state index is -4.25.